The Kier molecular flexibility index (Phi) is 4.90. The van der Waals surface area contributed by atoms with Crippen molar-refractivity contribution < 1.29 is 27.5 Å². The molecule has 0 aliphatic carbocycles. The lowest BCUT2D eigenvalue weighted by molar-refractivity contribution is -0.137. The first-order chi connectivity index (χ1) is 10.3. The lowest BCUT2D eigenvalue weighted by atomic mass is 9.99. The molecular weight excluding hydrogens is 304 g/mol. The molecule has 0 bridgehead atoms. The molecule has 8 heteroatoms. The third kappa shape index (κ3) is 3.88. The minimum atomic E-state index is -4.76. The largest absolute Gasteiger partial charge is 0.418 e. The molecule has 22 heavy (non-hydrogen) atoms. The van der Waals surface area contributed by atoms with Gasteiger partial charge in [-0.1, -0.05) is 0 Å². The van der Waals surface area contributed by atoms with Gasteiger partial charge in [0.25, 0.3) is 0 Å². The van der Waals surface area contributed by atoms with E-state index in [1.165, 1.54) is 4.90 Å². The van der Waals surface area contributed by atoms with Gasteiger partial charge in [-0.3, -0.25) is 0 Å². The van der Waals surface area contributed by atoms with Crippen LogP contribution < -0.4 is 5.32 Å². The van der Waals surface area contributed by atoms with E-state index in [1.54, 1.807) is 0 Å². The molecule has 0 aromatic heterocycles. The van der Waals surface area contributed by atoms with Crippen molar-refractivity contribution in [2.45, 2.75) is 19.0 Å². The summed E-state index contributed by atoms with van der Waals surface area (Å²) in [4.78, 5) is 13.4. The quantitative estimate of drug-likeness (QED) is 0.823. The molecule has 1 fully saturated rings. The average molecular weight is 320 g/mol. The number of amides is 2. The summed E-state index contributed by atoms with van der Waals surface area (Å²) in [5.41, 5.74) is -1.71. The van der Waals surface area contributed by atoms with Crippen LogP contribution in [0.15, 0.2) is 18.2 Å². The number of rotatable bonds is 2. The smallest absolute Gasteiger partial charge is 0.396 e. The molecule has 122 valence electrons. The van der Waals surface area contributed by atoms with E-state index in [0.717, 1.165) is 18.6 Å². The summed E-state index contributed by atoms with van der Waals surface area (Å²) in [6, 6.07) is 1.42. The first-order valence-electron chi connectivity index (χ1n) is 6.85. The Morgan fingerprint density at radius 1 is 1.41 bits per heavy atom. The van der Waals surface area contributed by atoms with Crippen LogP contribution in [0.3, 0.4) is 0 Å². The third-order valence-electron chi connectivity index (χ3n) is 3.59. The third-order valence-corrected chi connectivity index (χ3v) is 3.59. The molecule has 2 N–H and O–H groups in total. The molecule has 2 rings (SSSR count). The van der Waals surface area contributed by atoms with E-state index in [1.807, 2.05) is 0 Å². The van der Waals surface area contributed by atoms with Crippen molar-refractivity contribution in [2.24, 2.45) is 5.92 Å². The van der Waals surface area contributed by atoms with Crippen LogP contribution in [0.4, 0.5) is 28.0 Å². The molecule has 1 atom stereocenters. The van der Waals surface area contributed by atoms with Gasteiger partial charge in [-0.25, -0.2) is 9.18 Å². The number of halogens is 4. The molecule has 4 nitrogen and oxygen atoms in total. The van der Waals surface area contributed by atoms with Crippen molar-refractivity contribution in [1.82, 2.24) is 4.90 Å². The molecule has 1 aromatic carbocycles. The zero-order valence-corrected chi connectivity index (χ0v) is 11.7. The van der Waals surface area contributed by atoms with Crippen molar-refractivity contribution in [3.05, 3.63) is 29.6 Å². The summed E-state index contributed by atoms with van der Waals surface area (Å²) in [5, 5.41) is 11.3. The maximum atomic E-state index is 13.0. The van der Waals surface area contributed by atoms with E-state index >= 15 is 0 Å². The molecule has 0 saturated carbocycles. The SMILES string of the molecule is O=C(Nc1ccc(F)cc1C(F)(F)F)N1CCCC(CO)C1. The number of benzene rings is 1. The number of piperidine rings is 1. The summed E-state index contributed by atoms with van der Waals surface area (Å²) in [6.07, 6.45) is -3.32. The normalized spacial score (nSPS) is 19.1. The van der Waals surface area contributed by atoms with Gasteiger partial charge in [0.2, 0.25) is 0 Å². The number of likely N-dealkylation sites (tertiary alicyclic amines) is 1. The number of carbonyl (C=O) groups excluding carboxylic acids is 1. The van der Waals surface area contributed by atoms with Gasteiger partial charge in [0.1, 0.15) is 5.82 Å². The maximum absolute atomic E-state index is 13.0. The van der Waals surface area contributed by atoms with Gasteiger partial charge in [-0.05, 0) is 37.0 Å². The fraction of sp³-hybridized carbons (Fsp3) is 0.500. The van der Waals surface area contributed by atoms with Crippen LogP contribution >= 0.6 is 0 Å². The number of aliphatic hydroxyl groups excluding tert-OH is 1. The van der Waals surface area contributed by atoms with Gasteiger partial charge in [-0.15, -0.1) is 0 Å². The zero-order chi connectivity index (χ0) is 16.3. The first-order valence-corrected chi connectivity index (χ1v) is 6.85. The predicted octanol–water partition coefficient (Wildman–Crippen LogP) is 3.08. The molecule has 1 unspecified atom stereocenters. The van der Waals surface area contributed by atoms with Crippen LogP contribution in [-0.4, -0.2) is 35.7 Å². The lowest BCUT2D eigenvalue weighted by Gasteiger charge is -2.32. The maximum Gasteiger partial charge on any atom is 0.418 e. The van der Waals surface area contributed by atoms with Crippen molar-refractivity contribution in [3.63, 3.8) is 0 Å². The molecule has 1 saturated heterocycles. The highest BCUT2D eigenvalue weighted by atomic mass is 19.4. The Balaban J connectivity index is 2.15. The van der Waals surface area contributed by atoms with Gasteiger partial charge >= 0.3 is 12.2 Å². The molecule has 1 heterocycles. The fourth-order valence-corrected chi connectivity index (χ4v) is 2.45. The zero-order valence-electron chi connectivity index (χ0n) is 11.7. The van der Waals surface area contributed by atoms with E-state index in [2.05, 4.69) is 5.32 Å². The minimum absolute atomic E-state index is 0.0743. The average Bonchev–Trinajstić information content (AvgIpc) is 2.48. The van der Waals surface area contributed by atoms with Crippen LogP contribution in [0.5, 0.6) is 0 Å². The van der Waals surface area contributed by atoms with Gasteiger partial charge in [-0.2, -0.15) is 13.2 Å². The number of anilines is 1. The van der Waals surface area contributed by atoms with E-state index in [9.17, 15) is 22.4 Å². The highest BCUT2D eigenvalue weighted by Crippen LogP contribution is 2.35. The van der Waals surface area contributed by atoms with Crippen LogP contribution in [0.25, 0.3) is 0 Å². The van der Waals surface area contributed by atoms with Crippen LogP contribution in [0.2, 0.25) is 0 Å². The number of hydrogen-bond donors (Lipinski definition) is 2. The molecule has 1 aliphatic rings. The highest BCUT2D eigenvalue weighted by Gasteiger charge is 2.35. The van der Waals surface area contributed by atoms with Crippen molar-refractivity contribution in [2.75, 3.05) is 25.0 Å². The molecule has 1 aliphatic heterocycles. The Hall–Kier alpha value is -1.83. The summed E-state index contributed by atoms with van der Waals surface area (Å²) >= 11 is 0. The van der Waals surface area contributed by atoms with Gasteiger partial charge in [0.15, 0.2) is 0 Å². The number of aliphatic hydroxyl groups is 1. The number of hydrogen-bond acceptors (Lipinski definition) is 2. The second kappa shape index (κ2) is 6.51. The topological polar surface area (TPSA) is 52.6 Å². The molecule has 0 spiro atoms. The molecule has 1 aromatic rings. The monoisotopic (exact) mass is 320 g/mol. The van der Waals surface area contributed by atoms with Crippen LogP contribution in [0, 0.1) is 11.7 Å². The summed E-state index contributed by atoms with van der Waals surface area (Å²) in [6.45, 7) is 0.615. The molecule has 2 amide bonds. The predicted molar refractivity (Wildman–Crippen MR) is 71.8 cm³/mol. The van der Waals surface area contributed by atoms with Crippen LogP contribution in [0.1, 0.15) is 18.4 Å². The molecular formula is C14H16F4N2O2. The van der Waals surface area contributed by atoms with Crippen LogP contribution in [-0.2, 0) is 6.18 Å². The summed E-state index contributed by atoms with van der Waals surface area (Å²) < 4.78 is 51.6. The fourth-order valence-electron chi connectivity index (χ4n) is 2.45. The van der Waals surface area contributed by atoms with Crippen molar-refractivity contribution >= 4 is 11.7 Å². The van der Waals surface area contributed by atoms with E-state index in [0.29, 0.717) is 19.0 Å². The van der Waals surface area contributed by atoms with E-state index in [-0.39, 0.29) is 19.1 Å². The van der Waals surface area contributed by atoms with Gasteiger partial charge < -0.3 is 15.3 Å². The molecule has 0 radical (unpaired) electrons. The number of nitrogens with zero attached hydrogens (tertiary/aromatic N) is 1. The van der Waals surface area contributed by atoms with E-state index < -0.39 is 29.3 Å². The van der Waals surface area contributed by atoms with Gasteiger partial charge in [0.05, 0.1) is 11.3 Å². The van der Waals surface area contributed by atoms with Crippen molar-refractivity contribution in [3.8, 4) is 0 Å². The van der Waals surface area contributed by atoms with E-state index in [4.69, 9.17) is 5.11 Å². The first kappa shape index (κ1) is 16.5. The Morgan fingerprint density at radius 2 is 2.14 bits per heavy atom. The Labute approximate surface area is 124 Å². The summed E-state index contributed by atoms with van der Waals surface area (Å²) in [7, 11) is 0. The second-order valence-electron chi connectivity index (χ2n) is 5.25. The summed E-state index contributed by atoms with van der Waals surface area (Å²) in [5.74, 6) is -1.10. The minimum Gasteiger partial charge on any atom is -0.396 e. The van der Waals surface area contributed by atoms with Gasteiger partial charge in [0, 0.05) is 19.7 Å². The lowest BCUT2D eigenvalue weighted by Crippen LogP contribution is -2.43. The number of urea groups is 1. The van der Waals surface area contributed by atoms with Crippen molar-refractivity contribution in [1.29, 1.82) is 0 Å². The number of nitrogens with one attached hydrogen (secondary N) is 1. The Morgan fingerprint density at radius 3 is 2.77 bits per heavy atom. The standard InChI is InChI=1S/C14H16F4N2O2/c15-10-3-4-12(11(6-10)14(16,17)18)19-13(22)20-5-1-2-9(7-20)8-21/h3-4,6,9,21H,1-2,5,7-8H2,(H,19,22). The Bertz CT molecular complexity index is 548. The number of alkyl halides is 3. The highest BCUT2D eigenvalue weighted by molar-refractivity contribution is 5.90. The second-order valence-corrected chi connectivity index (χ2v) is 5.25. The number of carbonyl (C=O) groups is 1.